The van der Waals surface area contributed by atoms with Crippen molar-refractivity contribution in [2.45, 2.75) is 20.0 Å². The molecule has 4 aromatic rings. The average molecular weight is 425 g/mol. The molecule has 0 atom stereocenters. The molecule has 6 nitrogen and oxygen atoms in total. The number of hydrogen-bond donors (Lipinski definition) is 1. The largest absolute Gasteiger partial charge is 0.478 e. The molecule has 0 amide bonds. The third-order valence-electron chi connectivity index (χ3n) is 5.17. The van der Waals surface area contributed by atoms with Gasteiger partial charge in [0.1, 0.15) is 0 Å². The van der Waals surface area contributed by atoms with Gasteiger partial charge >= 0.3 is 5.97 Å². The lowest BCUT2D eigenvalue weighted by atomic mass is 10.1. The van der Waals surface area contributed by atoms with Crippen LogP contribution in [0.4, 0.5) is 0 Å². The van der Waals surface area contributed by atoms with Gasteiger partial charge in [-0.3, -0.25) is 9.48 Å². The van der Waals surface area contributed by atoms with Crippen molar-refractivity contribution in [2.75, 3.05) is 0 Å². The van der Waals surface area contributed by atoms with Crippen LogP contribution in [0.15, 0.2) is 85.2 Å². The Hall–Kier alpha value is -4.19. The van der Waals surface area contributed by atoms with Crippen molar-refractivity contribution in [3.05, 3.63) is 119 Å². The first-order valence-electron chi connectivity index (χ1n) is 10.3. The van der Waals surface area contributed by atoms with E-state index in [1.807, 2.05) is 78.5 Å². The molecule has 0 aliphatic rings. The fraction of sp³-hybridized carbons (Fsp3) is 0.115. The molecule has 0 aliphatic carbocycles. The molecule has 2 aromatic carbocycles. The smallest absolute Gasteiger partial charge is 0.335 e. The van der Waals surface area contributed by atoms with E-state index in [1.54, 1.807) is 28.9 Å². The van der Waals surface area contributed by atoms with E-state index in [-0.39, 0.29) is 11.3 Å². The van der Waals surface area contributed by atoms with Gasteiger partial charge in [0.15, 0.2) is 0 Å². The minimum atomic E-state index is -0.936. The molecule has 0 bridgehead atoms. The number of ketones is 1. The molecule has 0 unspecified atom stereocenters. The zero-order chi connectivity index (χ0) is 22.5. The highest BCUT2D eigenvalue weighted by molar-refractivity contribution is 6.08. The number of carbonyl (C=O) groups is 2. The molecule has 6 heteroatoms. The second-order valence-corrected chi connectivity index (χ2v) is 7.58. The molecule has 4 rings (SSSR count). The maximum absolute atomic E-state index is 12.8. The Labute approximate surface area is 186 Å². The number of aromatic nitrogens is 3. The molecule has 0 fully saturated rings. The third kappa shape index (κ3) is 4.92. The topological polar surface area (TPSA) is 77.1 Å². The van der Waals surface area contributed by atoms with Crippen LogP contribution in [0.2, 0.25) is 0 Å². The van der Waals surface area contributed by atoms with E-state index in [1.165, 1.54) is 0 Å². The van der Waals surface area contributed by atoms with Gasteiger partial charge in [-0.05, 0) is 48.9 Å². The van der Waals surface area contributed by atoms with Gasteiger partial charge in [-0.1, -0.05) is 48.0 Å². The minimum Gasteiger partial charge on any atom is -0.478 e. The van der Waals surface area contributed by atoms with E-state index < -0.39 is 5.97 Å². The molecular formula is C26H23N3O3. The summed E-state index contributed by atoms with van der Waals surface area (Å²) in [5, 5.41) is 13.5. The second-order valence-electron chi connectivity index (χ2n) is 7.58. The summed E-state index contributed by atoms with van der Waals surface area (Å²) >= 11 is 0. The maximum Gasteiger partial charge on any atom is 0.335 e. The van der Waals surface area contributed by atoms with Crippen LogP contribution in [0.5, 0.6) is 0 Å². The minimum absolute atomic E-state index is 0.00148. The van der Waals surface area contributed by atoms with Crippen molar-refractivity contribution >= 4 is 17.8 Å². The summed E-state index contributed by atoms with van der Waals surface area (Å²) < 4.78 is 3.72. The van der Waals surface area contributed by atoms with E-state index in [4.69, 9.17) is 5.11 Å². The van der Waals surface area contributed by atoms with Crippen LogP contribution in [0.1, 0.15) is 43.2 Å². The van der Waals surface area contributed by atoms with Gasteiger partial charge in [0.05, 0.1) is 23.5 Å². The van der Waals surface area contributed by atoms with Crippen molar-refractivity contribution in [3.63, 3.8) is 0 Å². The molecule has 2 heterocycles. The Balaban J connectivity index is 1.39. The summed E-state index contributed by atoms with van der Waals surface area (Å²) in [5.41, 5.74) is 4.49. The Morgan fingerprint density at radius 1 is 0.938 bits per heavy atom. The highest BCUT2D eigenvalue weighted by Crippen LogP contribution is 2.13. The second kappa shape index (κ2) is 9.31. The molecule has 2 aromatic heterocycles. The van der Waals surface area contributed by atoms with Crippen LogP contribution in [0.25, 0.3) is 6.08 Å². The molecule has 0 saturated carbocycles. The first-order valence-corrected chi connectivity index (χ1v) is 10.3. The van der Waals surface area contributed by atoms with E-state index >= 15 is 0 Å². The van der Waals surface area contributed by atoms with Gasteiger partial charge in [-0.15, -0.1) is 0 Å². The molecule has 0 radical (unpaired) electrons. The summed E-state index contributed by atoms with van der Waals surface area (Å²) in [5.74, 6) is -0.934. The Morgan fingerprint density at radius 3 is 2.38 bits per heavy atom. The van der Waals surface area contributed by atoms with E-state index in [2.05, 4.69) is 5.10 Å². The summed E-state index contributed by atoms with van der Waals surface area (Å²) in [4.78, 5) is 23.8. The maximum atomic E-state index is 12.8. The highest BCUT2D eigenvalue weighted by atomic mass is 16.4. The number of nitrogens with zero attached hydrogens (tertiary/aromatic N) is 3. The van der Waals surface area contributed by atoms with Crippen molar-refractivity contribution in [1.82, 2.24) is 14.3 Å². The van der Waals surface area contributed by atoms with Gasteiger partial charge in [-0.2, -0.15) is 5.10 Å². The predicted molar refractivity (Wildman–Crippen MR) is 123 cm³/mol. The van der Waals surface area contributed by atoms with Crippen LogP contribution < -0.4 is 0 Å². The van der Waals surface area contributed by atoms with Gasteiger partial charge in [0.25, 0.3) is 0 Å². The fourth-order valence-electron chi connectivity index (χ4n) is 3.41. The number of carboxylic acid groups (broad SMARTS) is 1. The van der Waals surface area contributed by atoms with Crippen LogP contribution >= 0.6 is 0 Å². The van der Waals surface area contributed by atoms with E-state index in [9.17, 15) is 9.59 Å². The monoisotopic (exact) mass is 425 g/mol. The highest BCUT2D eigenvalue weighted by Gasteiger charge is 2.12. The SMILES string of the molecule is Cc1ccc(C(=O)c2cccn2C/C=C/c2ccn(Cc3ccc(C(=O)O)cc3)n2)cc1. The summed E-state index contributed by atoms with van der Waals surface area (Å²) in [6, 6.07) is 20.0. The zero-order valence-electron chi connectivity index (χ0n) is 17.7. The summed E-state index contributed by atoms with van der Waals surface area (Å²) in [7, 11) is 0. The molecule has 0 aliphatic heterocycles. The molecular weight excluding hydrogens is 402 g/mol. The number of hydrogen-bond acceptors (Lipinski definition) is 3. The van der Waals surface area contributed by atoms with Crippen LogP contribution in [0.3, 0.4) is 0 Å². The molecule has 160 valence electrons. The zero-order valence-corrected chi connectivity index (χ0v) is 17.7. The Morgan fingerprint density at radius 2 is 1.66 bits per heavy atom. The van der Waals surface area contributed by atoms with Gasteiger partial charge in [-0.25, -0.2) is 4.79 Å². The van der Waals surface area contributed by atoms with Crippen molar-refractivity contribution < 1.29 is 14.7 Å². The van der Waals surface area contributed by atoms with Gasteiger partial charge in [0, 0.05) is 24.5 Å². The number of aromatic carboxylic acids is 1. The Kier molecular flexibility index (Phi) is 6.12. The summed E-state index contributed by atoms with van der Waals surface area (Å²) in [6.07, 6.45) is 7.67. The van der Waals surface area contributed by atoms with Crippen LogP contribution in [0, 0.1) is 6.92 Å². The van der Waals surface area contributed by atoms with Crippen molar-refractivity contribution in [3.8, 4) is 0 Å². The first-order chi connectivity index (χ1) is 15.5. The number of allylic oxidation sites excluding steroid dienone is 1. The molecule has 32 heavy (non-hydrogen) atoms. The van der Waals surface area contributed by atoms with E-state index in [0.717, 1.165) is 16.8 Å². The number of aryl methyl sites for hydroxylation is 1. The first kappa shape index (κ1) is 21.1. The van der Waals surface area contributed by atoms with Crippen LogP contribution in [-0.4, -0.2) is 31.2 Å². The number of carbonyl (C=O) groups excluding carboxylic acids is 1. The number of carboxylic acids is 1. The van der Waals surface area contributed by atoms with Gasteiger partial charge < -0.3 is 9.67 Å². The van der Waals surface area contributed by atoms with Crippen molar-refractivity contribution in [2.24, 2.45) is 0 Å². The number of rotatable bonds is 8. The van der Waals surface area contributed by atoms with E-state index in [0.29, 0.717) is 24.3 Å². The lowest BCUT2D eigenvalue weighted by Gasteiger charge is -2.06. The average Bonchev–Trinajstić information content (AvgIpc) is 3.44. The Bertz CT molecular complexity index is 1260. The molecule has 0 spiro atoms. The normalized spacial score (nSPS) is 11.2. The van der Waals surface area contributed by atoms with Crippen LogP contribution in [-0.2, 0) is 13.1 Å². The quantitative estimate of drug-likeness (QED) is 0.416. The summed E-state index contributed by atoms with van der Waals surface area (Å²) in [6.45, 7) is 3.11. The molecule has 1 N–H and O–H groups in total. The lowest BCUT2D eigenvalue weighted by molar-refractivity contribution is 0.0696. The standard InChI is InChI=1S/C26H23N3O3/c1-19-6-10-21(11-7-19)25(30)24-5-3-16-28(24)15-2-4-23-14-17-29(27-23)18-20-8-12-22(13-9-20)26(31)32/h2-14,16-17H,15,18H2,1H3,(H,31,32)/b4-2+. The fourth-order valence-corrected chi connectivity index (χ4v) is 3.41. The predicted octanol–water partition coefficient (Wildman–Crippen LogP) is 4.68. The number of benzene rings is 2. The van der Waals surface area contributed by atoms with Gasteiger partial charge in [0.2, 0.25) is 5.78 Å². The van der Waals surface area contributed by atoms with Crippen molar-refractivity contribution in [1.29, 1.82) is 0 Å². The lowest BCUT2D eigenvalue weighted by Crippen LogP contribution is -2.09. The third-order valence-corrected chi connectivity index (χ3v) is 5.17. The molecule has 0 saturated heterocycles.